The van der Waals surface area contributed by atoms with Crippen LogP contribution in [-0.2, 0) is 9.47 Å². The maximum atomic E-state index is 8.92. The monoisotopic (exact) mass is 229 g/mol. The van der Waals surface area contributed by atoms with Crippen LogP contribution in [0.3, 0.4) is 0 Å². The van der Waals surface area contributed by atoms with Crippen molar-refractivity contribution in [2.24, 2.45) is 0 Å². The first-order chi connectivity index (χ1) is 7.90. The molecule has 1 N–H and O–H groups in total. The van der Waals surface area contributed by atoms with Gasteiger partial charge in [0.05, 0.1) is 12.7 Å². The molecule has 1 unspecified atom stereocenters. The summed E-state index contributed by atoms with van der Waals surface area (Å²) >= 11 is 0. The third kappa shape index (κ3) is 3.42. The van der Waals surface area contributed by atoms with Gasteiger partial charge >= 0.3 is 0 Å². The molecule has 1 aliphatic heterocycles. The number of rotatable bonds is 6. The van der Waals surface area contributed by atoms with Crippen molar-refractivity contribution in [3.8, 4) is 0 Å². The zero-order valence-corrected chi connectivity index (χ0v) is 9.94. The molecule has 1 saturated heterocycles. The third-order valence-electron chi connectivity index (χ3n) is 3.60. The van der Waals surface area contributed by atoms with Crippen LogP contribution >= 0.6 is 0 Å². The van der Waals surface area contributed by atoms with Crippen molar-refractivity contribution in [2.75, 3.05) is 33.1 Å². The number of hydrogen-bond donors (Lipinski definition) is 1. The fraction of sp³-hybridized carbons (Fsp3) is 1.00. The number of hydrogen-bond acceptors (Lipinski definition) is 4. The molecule has 0 aromatic rings. The highest BCUT2D eigenvalue weighted by atomic mass is 16.7. The van der Waals surface area contributed by atoms with E-state index in [2.05, 4.69) is 4.90 Å². The lowest BCUT2D eigenvalue weighted by Gasteiger charge is -2.40. The van der Waals surface area contributed by atoms with Gasteiger partial charge in [-0.05, 0) is 25.7 Å². The molecule has 4 heteroatoms. The van der Waals surface area contributed by atoms with Gasteiger partial charge < -0.3 is 14.6 Å². The van der Waals surface area contributed by atoms with Gasteiger partial charge in [0.2, 0.25) is 0 Å². The highest BCUT2D eigenvalue weighted by molar-refractivity contribution is 4.82. The van der Waals surface area contributed by atoms with Gasteiger partial charge in [0.1, 0.15) is 6.79 Å². The predicted octanol–water partition coefficient (Wildman–Crippen LogP) is 0.986. The van der Waals surface area contributed by atoms with Crippen LogP contribution in [0.25, 0.3) is 0 Å². The summed E-state index contributed by atoms with van der Waals surface area (Å²) in [5.41, 5.74) is 0. The van der Waals surface area contributed by atoms with Crippen molar-refractivity contribution in [1.29, 1.82) is 0 Å². The van der Waals surface area contributed by atoms with Crippen LogP contribution < -0.4 is 0 Å². The second-order valence-electron chi connectivity index (χ2n) is 4.76. The van der Waals surface area contributed by atoms with Crippen LogP contribution in [-0.4, -0.2) is 55.2 Å². The zero-order chi connectivity index (χ0) is 11.2. The molecule has 1 saturated carbocycles. The lowest BCUT2D eigenvalue weighted by Crippen LogP contribution is -2.46. The molecule has 0 amide bonds. The van der Waals surface area contributed by atoms with E-state index in [-0.39, 0.29) is 6.61 Å². The molecular formula is C12H23NO3. The average Bonchev–Trinajstić information content (AvgIpc) is 2.25. The van der Waals surface area contributed by atoms with E-state index in [0.29, 0.717) is 12.9 Å². The van der Waals surface area contributed by atoms with E-state index < -0.39 is 0 Å². The summed E-state index contributed by atoms with van der Waals surface area (Å²) in [6.07, 6.45) is 6.19. The maximum absolute atomic E-state index is 8.92. The largest absolute Gasteiger partial charge is 0.396 e. The van der Waals surface area contributed by atoms with Crippen molar-refractivity contribution in [1.82, 2.24) is 4.90 Å². The lowest BCUT2D eigenvalue weighted by molar-refractivity contribution is -0.148. The third-order valence-corrected chi connectivity index (χ3v) is 3.60. The summed E-state index contributed by atoms with van der Waals surface area (Å²) < 4.78 is 10.8. The summed E-state index contributed by atoms with van der Waals surface area (Å²) in [5.74, 6) is 0. The van der Waals surface area contributed by atoms with Crippen molar-refractivity contribution < 1.29 is 14.6 Å². The molecule has 94 valence electrons. The molecule has 1 heterocycles. The van der Waals surface area contributed by atoms with Crippen LogP contribution in [0.2, 0.25) is 0 Å². The standard InChI is InChI=1S/C12H23NO3/c14-7-2-6-13(11-3-1-4-11)9-12-5-8-15-10-16-12/h11-12,14H,1-10H2. The van der Waals surface area contributed by atoms with Crippen molar-refractivity contribution >= 4 is 0 Å². The Morgan fingerprint density at radius 1 is 1.25 bits per heavy atom. The highest BCUT2D eigenvalue weighted by Crippen LogP contribution is 2.25. The fourth-order valence-electron chi connectivity index (χ4n) is 2.36. The lowest BCUT2D eigenvalue weighted by atomic mass is 9.91. The van der Waals surface area contributed by atoms with Gasteiger partial charge in [-0.2, -0.15) is 0 Å². The summed E-state index contributed by atoms with van der Waals surface area (Å²) in [7, 11) is 0. The smallest absolute Gasteiger partial charge is 0.147 e. The summed E-state index contributed by atoms with van der Waals surface area (Å²) in [5, 5.41) is 8.92. The van der Waals surface area contributed by atoms with E-state index in [1.54, 1.807) is 0 Å². The van der Waals surface area contributed by atoms with Crippen molar-refractivity contribution in [2.45, 2.75) is 44.2 Å². The molecule has 1 aliphatic carbocycles. The Balaban J connectivity index is 1.75. The second kappa shape index (κ2) is 6.55. The quantitative estimate of drug-likeness (QED) is 0.737. The molecule has 2 rings (SSSR count). The van der Waals surface area contributed by atoms with Crippen LogP contribution in [0.4, 0.5) is 0 Å². The van der Waals surface area contributed by atoms with Gasteiger partial charge in [0.25, 0.3) is 0 Å². The van der Waals surface area contributed by atoms with E-state index in [0.717, 1.165) is 38.6 Å². The number of aliphatic hydroxyl groups excluding tert-OH is 1. The molecule has 4 nitrogen and oxygen atoms in total. The predicted molar refractivity (Wildman–Crippen MR) is 61.2 cm³/mol. The van der Waals surface area contributed by atoms with Crippen LogP contribution in [0, 0.1) is 0 Å². The minimum absolute atomic E-state index is 0.290. The van der Waals surface area contributed by atoms with Crippen LogP contribution in [0.1, 0.15) is 32.1 Å². The zero-order valence-electron chi connectivity index (χ0n) is 9.94. The number of aliphatic hydroxyl groups is 1. The van der Waals surface area contributed by atoms with E-state index in [9.17, 15) is 0 Å². The summed E-state index contributed by atoms with van der Waals surface area (Å²) in [6.45, 7) is 3.57. The molecule has 1 atom stereocenters. The molecule has 2 aliphatic rings. The molecule has 0 aromatic heterocycles. The fourth-order valence-corrected chi connectivity index (χ4v) is 2.36. The number of ether oxygens (including phenoxy) is 2. The first-order valence-corrected chi connectivity index (χ1v) is 6.44. The summed E-state index contributed by atoms with van der Waals surface area (Å²) in [6, 6.07) is 0.734. The molecule has 0 spiro atoms. The molecule has 0 bridgehead atoms. The Bertz CT molecular complexity index is 191. The van der Waals surface area contributed by atoms with Gasteiger partial charge in [0, 0.05) is 25.7 Å². The Kier molecular flexibility index (Phi) is 5.03. The minimum Gasteiger partial charge on any atom is -0.396 e. The minimum atomic E-state index is 0.290. The van der Waals surface area contributed by atoms with Gasteiger partial charge in [-0.1, -0.05) is 6.42 Å². The van der Waals surface area contributed by atoms with Crippen molar-refractivity contribution in [3.63, 3.8) is 0 Å². The van der Waals surface area contributed by atoms with E-state index in [1.165, 1.54) is 19.3 Å². The van der Waals surface area contributed by atoms with Gasteiger partial charge in [-0.3, -0.25) is 4.90 Å². The van der Waals surface area contributed by atoms with Crippen molar-refractivity contribution in [3.05, 3.63) is 0 Å². The Hall–Kier alpha value is -0.160. The topological polar surface area (TPSA) is 41.9 Å². The normalized spacial score (nSPS) is 27.0. The summed E-state index contributed by atoms with van der Waals surface area (Å²) in [4.78, 5) is 2.50. The van der Waals surface area contributed by atoms with E-state index in [1.807, 2.05) is 0 Å². The molecule has 2 fully saturated rings. The molecule has 0 aromatic carbocycles. The van der Waals surface area contributed by atoms with Gasteiger partial charge in [-0.25, -0.2) is 0 Å². The van der Waals surface area contributed by atoms with Crippen LogP contribution in [0.5, 0.6) is 0 Å². The number of nitrogens with zero attached hydrogens (tertiary/aromatic N) is 1. The molecular weight excluding hydrogens is 206 g/mol. The Morgan fingerprint density at radius 2 is 2.12 bits per heavy atom. The first kappa shape index (κ1) is 12.3. The van der Waals surface area contributed by atoms with Gasteiger partial charge in [0.15, 0.2) is 0 Å². The maximum Gasteiger partial charge on any atom is 0.147 e. The highest BCUT2D eigenvalue weighted by Gasteiger charge is 2.27. The Morgan fingerprint density at radius 3 is 2.69 bits per heavy atom. The van der Waals surface area contributed by atoms with E-state index in [4.69, 9.17) is 14.6 Å². The Labute approximate surface area is 97.5 Å². The first-order valence-electron chi connectivity index (χ1n) is 6.44. The molecule has 16 heavy (non-hydrogen) atoms. The average molecular weight is 229 g/mol. The van der Waals surface area contributed by atoms with E-state index >= 15 is 0 Å². The SMILES string of the molecule is OCCCN(CC1CCOCO1)C1CCC1. The van der Waals surface area contributed by atoms with Crippen LogP contribution in [0.15, 0.2) is 0 Å². The van der Waals surface area contributed by atoms with Gasteiger partial charge in [-0.15, -0.1) is 0 Å². The molecule has 0 radical (unpaired) electrons. The second-order valence-corrected chi connectivity index (χ2v) is 4.76.